The third kappa shape index (κ3) is 9.10. The molecule has 0 aliphatic heterocycles. The molecule has 0 atom stereocenters. The van der Waals surface area contributed by atoms with E-state index in [1.54, 1.807) is 24.3 Å². The topological polar surface area (TPSA) is 118 Å². The highest BCUT2D eigenvalue weighted by Crippen LogP contribution is 2.33. The lowest BCUT2D eigenvalue weighted by molar-refractivity contribution is -0.125. The number of unbranched alkanes of at least 4 members (excludes halogenated alkanes) is 3. The van der Waals surface area contributed by atoms with Crippen molar-refractivity contribution in [1.82, 2.24) is 20.6 Å². The number of benzene rings is 3. The molecular formula is C34H33ClFN5O4. The van der Waals surface area contributed by atoms with Gasteiger partial charge in [0.15, 0.2) is 0 Å². The van der Waals surface area contributed by atoms with E-state index in [0.29, 0.717) is 36.0 Å². The number of halogens is 2. The molecule has 5 rings (SSSR count). The van der Waals surface area contributed by atoms with Crippen LogP contribution < -0.4 is 20.7 Å². The molecule has 0 saturated carbocycles. The van der Waals surface area contributed by atoms with Gasteiger partial charge in [0.25, 0.3) is 0 Å². The fraction of sp³-hybridized carbons (Fsp3) is 0.235. The Bertz CT molecular complexity index is 1740. The van der Waals surface area contributed by atoms with E-state index in [0.717, 1.165) is 71.5 Å². The Balaban J connectivity index is 1.16. The normalized spacial score (nSPS) is 11.0. The third-order valence-corrected chi connectivity index (χ3v) is 7.41. The van der Waals surface area contributed by atoms with Gasteiger partial charge in [-0.15, -0.1) is 0 Å². The maximum absolute atomic E-state index is 13.2. The van der Waals surface area contributed by atoms with Gasteiger partial charge in [0.1, 0.15) is 41.8 Å². The summed E-state index contributed by atoms with van der Waals surface area (Å²) >= 11 is 6.51. The van der Waals surface area contributed by atoms with Gasteiger partial charge in [-0.2, -0.15) is 0 Å². The average molecular weight is 630 g/mol. The number of anilines is 2. The molecule has 0 aliphatic carbocycles. The molecule has 0 radical (unpaired) electrons. The molecule has 0 aliphatic rings. The van der Waals surface area contributed by atoms with Gasteiger partial charge in [-0.1, -0.05) is 36.6 Å². The maximum Gasteiger partial charge on any atom is 0.226 e. The number of imide groups is 1. The number of nitrogens with zero attached hydrogens (tertiary/aromatic N) is 2. The maximum atomic E-state index is 13.2. The number of hydrogen-bond acceptors (Lipinski definition) is 8. The summed E-state index contributed by atoms with van der Waals surface area (Å²) in [6, 6.07) is 21.3. The van der Waals surface area contributed by atoms with Crippen molar-refractivity contribution in [1.29, 1.82) is 0 Å². The largest absolute Gasteiger partial charge is 0.487 e. The summed E-state index contributed by atoms with van der Waals surface area (Å²) in [6.07, 6.45) is 6.00. The molecule has 11 heteroatoms. The van der Waals surface area contributed by atoms with Crippen molar-refractivity contribution in [3.05, 3.63) is 101 Å². The summed E-state index contributed by atoms with van der Waals surface area (Å²) in [7, 11) is 0. The Morgan fingerprint density at radius 2 is 1.80 bits per heavy atom. The molecule has 0 unspecified atom stereocenters. The van der Waals surface area contributed by atoms with Crippen LogP contribution >= 0.6 is 11.6 Å². The van der Waals surface area contributed by atoms with Crippen LogP contribution in [0.25, 0.3) is 22.2 Å². The van der Waals surface area contributed by atoms with Crippen LogP contribution in [0.2, 0.25) is 5.02 Å². The first-order valence-electron chi connectivity index (χ1n) is 14.7. The van der Waals surface area contributed by atoms with Crippen LogP contribution in [0, 0.1) is 5.82 Å². The van der Waals surface area contributed by atoms with E-state index in [2.05, 4.69) is 25.9 Å². The van der Waals surface area contributed by atoms with Crippen LogP contribution in [0.4, 0.5) is 15.9 Å². The van der Waals surface area contributed by atoms with Gasteiger partial charge in [0, 0.05) is 23.1 Å². The second-order valence-corrected chi connectivity index (χ2v) is 10.8. The molecule has 0 fully saturated rings. The van der Waals surface area contributed by atoms with Gasteiger partial charge in [0.2, 0.25) is 12.3 Å². The third-order valence-electron chi connectivity index (χ3n) is 7.11. The SMILES string of the molecule is O=CNC(=O)CCCCCCNCc1ccc(-c2ccc3ncnc(Nc4ccc(OCc5ccc(F)cc5)c(Cl)c4)c3c2)o1. The van der Waals surface area contributed by atoms with Gasteiger partial charge < -0.3 is 19.8 Å². The van der Waals surface area contributed by atoms with Crippen LogP contribution in [-0.4, -0.2) is 28.8 Å². The van der Waals surface area contributed by atoms with Crippen molar-refractivity contribution in [2.24, 2.45) is 0 Å². The summed E-state index contributed by atoms with van der Waals surface area (Å²) < 4.78 is 25.1. The monoisotopic (exact) mass is 629 g/mol. The number of nitrogens with one attached hydrogen (secondary N) is 3. The molecule has 3 aromatic carbocycles. The summed E-state index contributed by atoms with van der Waals surface area (Å²) in [6.45, 7) is 1.71. The summed E-state index contributed by atoms with van der Waals surface area (Å²) in [4.78, 5) is 30.4. The predicted octanol–water partition coefficient (Wildman–Crippen LogP) is 7.32. The lowest BCUT2D eigenvalue weighted by atomic mass is 10.1. The zero-order valence-electron chi connectivity index (χ0n) is 24.5. The van der Waals surface area contributed by atoms with Crippen LogP contribution in [0.3, 0.4) is 0 Å². The Labute approximate surface area is 265 Å². The Morgan fingerprint density at radius 3 is 2.62 bits per heavy atom. The second kappa shape index (κ2) is 15.8. The molecule has 9 nitrogen and oxygen atoms in total. The smallest absolute Gasteiger partial charge is 0.226 e. The van der Waals surface area contributed by atoms with Gasteiger partial charge in [-0.3, -0.25) is 14.9 Å². The fourth-order valence-corrected chi connectivity index (χ4v) is 4.99. The van der Waals surface area contributed by atoms with E-state index in [1.165, 1.54) is 18.5 Å². The minimum Gasteiger partial charge on any atom is -0.487 e. The molecule has 2 aromatic heterocycles. The lowest BCUT2D eigenvalue weighted by Crippen LogP contribution is -2.20. The Kier molecular flexibility index (Phi) is 11.1. The molecule has 232 valence electrons. The van der Waals surface area contributed by atoms with Crippen molar-refractivity contribution in [2.45, 2.75) is 45.3 Å². The standard InChI is InChI=1S/C34H33ClFN5O4/c35-29-18-26(11-14-32(29)44-20-23-6-9-25(36)10-7-23)41-34-28-17-24(8-13-30(28)38-21-39-34)31-15-12-27(45-31)19-37-16-4-2-1-3-5-33(43)40-22-42/h6-15,17-18,21-22,37H,1-5,16,19-20H2,(H,38,39,41)(H,40,42,43). The fourth-order valence-electron chi connectivity index (χ4n) is 4.75. The zero-order chi connectivity index (χ0) is 31.4. The van der Waals surface area contributed by atoms with Crippen molar-refractivity contribution >= 4 is 46.3 Å². The van der Waals surface area contributed by atoms with Crippen molar-refractivity contribution in [3.8, 4) is 17.1 Å². The number of carbonyl (C=O) groups is 2. The molecule has 45 heavy (non-hydrogen) atoms. The molecule has 5 aromatic rings. The number of amides is 2. The minimum absolute atomic E-state index is 0.231. The van der Waals surface area contributed by atoms with Gasteiger partial charge in [0.05, 0.1) is 17.1 Å². The molecule has 0 bridgehead atoms. The van der Waals surface area contributed by atoms with E-state index in [4.69, 9.17) is 20.8 Å². The molecule has 2 heterocycles. The van der Waals surface area contributed by atoms with Crippen LogP contribution in [0.1, 0.15) is 43.4 Å². The number of rotatable bonds is 16. The molecular weight excluding hydrogens is 597 g/mol. The molecule has 3 N–H and O–H groups in total. The van der Waals surface area contributed by atoms with E-state index < -0.39 is 0 Å². The highest BCUT2D eigenvalue weighted by Gasteiger charge is 2.11. The number of hydrogen-bond donors (Lipinski definition) is 3. The lowest BCUT2D eigenvalue weighted by Gasteiger charge is -2.12. The Morgan fingerprint density at radius 1 is 0.956 bits per heavy atom. The molecule has 0 saturated heterocycles. The van der Waals surface area contributed by atoms with Crippen LogP contribution in [-0.2, 0) is 22.7 Å². The number of carbonyl (C=O) groups excluding carboxylic acids is 2. The van der Waals surface area contributed by atoms with Gasteiger partial charge >= 0.3 is 0 Å². The summed E-state index contributed by atoms with van der Waals surface area (Å²) in [5, 5.41) is 10.1. The van der Waals surface area contributed by atoms with Gasteiger partial charge in [-0.05, 0) is 85.6 Å². The zero-order valence-corrected chi connectivity index (χ0v) is 25.3. The summed E-state index contributed by atoms with van der Waals surface area (Å²) in [5.41, 5.74) is 3.24. The van der Waals surface area contributed by atoms with Crippen LogP contribution in [0.5, 0.6) is 5.75 Å². The van der Waals surface area contributed by atoms with E-state index in [-0.39, 0.29) is 18.3 Å². The quantitative estimate of drug-likeness (QED) is 0.0768. The minimum atomic E-state index is -0.295. The highest BCUT2D eigenvalue weighted by atomic mass is 35.5. The first-order chi connectivity index (χ1) is 22.0. The van der Waals surface area contributed by atoms with E-state index >= 15 is 0 Å². The molecule has 0 spiro atoms. The van der Waals surface area contributed by atoms with E-state index in [1.807, 2.05) is 36.4 Å². The molecule has 2 amide bonds. The number of ether oxygens (including phenoxy) is 1. The van der Waals surface area contributed by atoms with Crippen LogP contribution in [0.15, 0.2) is 83.5 Å². The average Bonchev–Trinajstić information content (AvgIpc) is 3.52. The predicted molar refractivity (Wildman–Crippen MR) is 172 cm³/mol. The number of fused-ring (bicyclic) bond motifs is 1. The highest BCUT2D eigenvalue weighted by molar-refractivity contribution is 6.32. The number of furan rings is 1. The van der Waals surface area contributed by atoms with Crippen molar-refractivity contribution in [2.75, 3.05) is 11.9 Å². The Hall–Kier alpha value is -4.80. The second-order valence-electron chi connectivity index (χ2n) is 10.4. The first-order valence-corrected chi connectivity index (χ1v) is 15.1. The van der Waals surface area contributed by atoms with E-state index in [9.17, 15) is 14.0 Å². The van der Waals surface area contributed by atoms with Crippen molar-refractivity contribution in [3.63, 3.8) is 0 Å². The summed E-state index contributed by atoms with van der Waals surface area (Å²) in [5.74, 6) is 2.18. The van der Waals surface area contributed by atoms with Gasteiger partial charge in [-0.25, -0.2) is 14.4 Å². The first kappa shape index (κ1) is 31.6. The number of aromatic nitrogens is 2. The van der Waals surface area contributed by atoms with Crippen molar-refractivity contribution < 1.29 is 23.1 Å².